The van der Waals surface area contributed by atoms with Gasteiger partial charge < -0.3 is 15.4 Å². The largest absolute Gasteiger partial charge is 0.486 e. The molecule has 0 aliphatic heterocycles. The van der Waals surface area contributed by atoms with Gasteiger partial charge in [0.2, 0.25) is 0 Å². The van der Waals surface area contributed by atoms with Crippen molar-refractivity contribution in [1.82, 2.24) is 10.6 Å². The van der Waals surface area contributed by atoms with E-state index >= 15 is 0 Å². The Morgan fingerprint density at radius 2 is 1.73 bits per heavy atom. The zero-order valence-electron chi connectivity index (χ0n) is 17.4. The normalized spacial score (nSPS) is 12.6. The van der Waals surface area contributed by atoms with E-state index in [9.17, 15) is 12.8 Å². The van der Waals surface area contributed by atoms with Gasteiger partial charge in [-0.05, 0) is 37.1 Å². The topological polar surface area (TPSA) is 79.8 Å². The molecule has 0 spiro atoms. The molecule has 0 aliphatic carbocycles. The first-order chi connectivity index (χ1) is 13.8. The van der Waals surface area contributed by atoms with E-state index in [2.05, 4.69) is 15.6 Å². The number of rotatable bonds is 9. The maximum atomic E-state index is 13.7. The number of nitrogens with one attached hydrogen (secondary N) is 2. The summed E-state index contributed by atoms with van der Waals surface area (Å²) in [5.41, 5.74) is 1.72. The molecule has 2 aromatic carbocycles. The van der Waals surface area contributed by atoms with Crippen LogP contribution in [0.15, 0.2) is 53.5 Å². The van der Waals surface area contributed by atoms with Crippen molar-refractivity contribution in [3.05, 3.63) is 65.5 Å². The molecule has 0 amide bonds. The number of benzene rings is 2. The predicted octanol–water partition coefficient (Wildman–Crippen LogP) is 3.51. The van der Waals surface area contributed by atoms with Crippen LogP contribution in [0, 0.1) is 5.82 Å². The predicted molar refractivity (Wildman–Crippen MR) is 130 cm³/mol. The van der Waals surface area contributed by atoms with Crippen LogP contribution >= 0.6 is 24.0 Å². The van der Waals surface area contributed by atoms with Crippen molar-refractivity contribution in [3.63, 3.8) is 0 Å². The minimum atomic E-state index is -3.05. The molecule has 0 heterocycles. The molecule has 2 N–H and O–H groups in total. The van der Waals surface area contributed by atoms with Gasteiger partial charge in [0.1, 0.15) is 6.10 Å². The van der Waals surface area contributed by atoms with Gasteiger partial charge in [-0.25, -0.2) is 17.8 Å². The molecule has 0 aromatic heterocycles. The molecule has 0 saturated heterocycles. The molecular formula is C21H29FIN3O3S. The Morgan fingerprint density at radius 3 is 2.33 bits per heavy atom. The number of hydrogen-bond donors (Lipinski definition) is 2. The van der Waals surface area contributed by atoms with Gasteiger partial charge in [0.25, 0.3) is 0 Å². The van der Waals surface area contributed by atoms with Gasteiger partial charge in [-0.2, -0.15) is 0 Å². The van der Waals surface area contributed by atoms with E-state index in [1.807, 2.05) is 26.0 Å². The standard InChI is InChI=1S/C21H28FN3O3S.HI/c1-4-23-21(24-13-16(2)28-20-8-6-5-7-19(20)22)25-14-17-9-11-18(12-10-17)15-29(3,26)27;/h5-12,16H,4,13-15H2,1-3H3,(H2,23,24,25);1H. The van der Waals surface area contributed by atoms with Crippen molar-refractivity contribution in [2.45, 2.75) is 32.2 Å². The summed E-state index contributed by atoms with van der Waals surface area (Å²) < 4.78 is 42.0. The molecule has 9 heteroatoms. The molecule has 30 heavy (non-hydrogen) atoms. The van der Waals surface area contributed by atoms with Crippen LogP contribution in [-0.4, -0.2) is 39.8 Å². The lowest BCUT2D eigenvalue weighted by atomic mass is 10.1. The van der Waals surface area contributed by atoms with Crippen molar-refractivity contribution in [2.75, 3.05) is 19.3 Å². The minimum absolute atomic E-state index is 0. The van der Waals surface area contributed by atoms with E-state index in [1.165, 1.54) is 12.3 Å². The molecule has 0 radical (unpaired) electrons. The molecule has 166 valence electrons. The van der Waals surface area contributed by atoms with Gasteiger partial charge in [0.15, 0.2) is 27.4 Å². The molecule has 1 atom stereocenters. The maximum absolute atomic E-state index is 13.7. The SMILES string of the molecule is CCNC(=NCc1ccc(CS(C)(=O)=O)cc1)NCC(C)Oc1ccccc1F.I. The zero-order valence-corrected chi connectivity index (χ0v) is 20.5. The highest BCUT2D eigenvalue weighted by atomic mass is 127. The van der Waals surface area contributed by atoms with Gasteiger partial charge >= 0.3 is 0 Å². The summed E-state index contributed by atoms with van der Waals surface area (Å²) in [6.45, 7) is 5.41. The lowest BCUT2D eigenvalue weighted by Crippen LogP contribution is -2.41. The fourth-order valence-corrected chi connectivity index (χ4v) is 3.39. The van der Waals surface area contributed by atoms with Crippen molar-refractivity contribution in [2.24, 2.45) is 4.99 Å². The Labute approximate surface area is 195 Å². The van der Waals surface area contributed by atoms with Gasteiger partial charge in [0, 0.05) is 12.8 Å². The Morgan fingerprint density at radius 1 is 1.10 bits per heavy atom. The third kappa shape index (κ3) is 9.75. The maximum Gasteiger partial charge on any atom is 0.191 e. The van der Waals surface area contributed by atoms with E-state index in [0.717, 1.165) is 11.1 Å². The number of hydrogen-bond acceptors (Lipinski definition) is 4. The van der Waals surface area contributed by atoms with Gasteiger partial charge in [0.05, 0.1) is 18.8 Å². The summed E-state index contributed by atoms with van der Waals surface area (Å²) in [6.07, 6.45) is 0.960. The highest BCUT2D eigenvalue weighted by Crippen LogP contribution is 2.16. The molecule has 0 saturated carbocycles. The van der Waals surface area contributed by atoms with Crippen LogP contribution in [-0.2, 0) is 22.1 Å². The second kappa shape index (κ2) is 12.7. The smallest absolute Gasteiger partial charge is 0.191 e. The number of sulfone groups is 1. The lowest BCUT2D eigenvalue weighted by molar-refractivity contribution is 0.214. The zero-order chi connectivity index (χ0) is 21.3. The van der Waals surface area contributed by atoms with E-state index in [4.69, 9.17) is 4.74 Å². The molecule has 0 fully saturated rings. The molecule has 0 aliphatic rings. The van der Waals surface area contributed by atoms with Gasteiger partial charge in [-0.1, -0.05) is 36.4 Å². The average Bonchev–Trinajstić information content (AvgIpc) is 2.66. The first-order valence-corrected chi connectivity index (χ1v) is 11.5. The van der Waals surface area contributed by atoms with E-state index in [0.29, 0.717) is 25.6 Å². The van der Waals surface area contributed by atoms with Crippen molar-refractivity contribution in [3.8, 4) is 5.75 Å². The van der Waals surface area contributed by atoms with Gasteiger partial charge in [-0.3, -0.25) is 0 Å². The van der Waals surface area contributed by atoms with Gasteiger partial charge in [-0.15, -0.1) is 24.0 Å². The Balaban J connectivity index is 0.00000450. The number of para-hydroxylation sites is 1. The Kier molecular flexibility index (Phi) is 11.1. The third-order valence-corrected chi connectivity index (χ3v) is 4.80. The van der Waals surface area contributed by atoms with E-state index < -0.39 is 9.84 Å². The highest BCUT2D eigenvalue weighted by Gasteiger charge is 2.09. The summed E-state index contributed by atoms with van der Waals surface area (Å²) in [6, 6.07) is 13.7. The summed E-state index contributed by atoms with van der Waals surface area (Å²) in [4.78, 5) is 4.53. The molecule has 2 aromatic rings. The Bertz CT molecular complexity index is 921. The molecule has 0 bridgehead atoms. The number of aliphatic imine (C=N–C) groups is 1. The van der Waals surface area contributed by atoms with Crippen molar-refractivity contribution >= 4 is 39.8 Å². The summed E-state index contributed by atoms with van der Waals surface area (Å²) >= 11 is 0. The molecule has 6 nitrogen and oxygen atoms in total. The second-order valence-corrected chi connectivity index (χ2v) is 8.96. The Hall–Kier alpha value is -1.88. The first kappa shape index (κ1) is 26.2. The monoisotopic (exact) mass is 549 g/mol. The molecule has 1 unspecified atom stereocenters. The number of nitrogens with zero attached hydrogens (tertiary/aromatic N) is 1. The fraction of sp³-hybridized carbons (Fsp3) is 0.381. The molecule has 2 rings (SSSR count). The van der Waals surface area contributed by atoms with E-state index in [-0.39, 0.29) is 47.4 Å². The van der Waals surface area contributed by atoms with Crippen LogP contribution in [0.4, 0.5) is 4.39 Å². The first-order valence-electron chi connectivity index (χ1n) is 9.45. The average molecular weight is 549 g/mol. The lowest BCUT2D eigenvalue weighted by Gasteiger charge is -2.18. The second-order valence-electron chi connectivity index (χ2n) is 6.82. The third-order valence-electron chi connectivity index (χ3n) is 3.94. The van der Waals surface area contributed by atoms with Crippen LogP contribution in [0.1, 0.15) is 25.0 Å². The highest BCUT2D eigenvalue weighted by molar-refractivity contribution is 14.0. The number of ether oxygens (including phenoxy) is 1. The summed E-state index contributed by atoms with van der Waals surface area (Å²) in [5, 5.41) is 6.34. The summed E-state index contributed by atoms with van der Waals surface area (Å²) in [7, 11) is -3.05. The molecular weight excluding hydrogens is 520 g/mol. The van der Waals surface area contributed by atoms with Crippen molar-refractivity contribution in [1.29, 1.82) is 0 Å². The minimum Gasteiger partial charge on any atom is -0.486 e. The van der Waals surface area contributed by atoms with Crippen molar-refractivity contribution < 1.29 is 17.5 Å². The van der Waals surface area contributed by atoms with Crippen LogP contribution in [0.2, 0.25) is 0 Å². The van der Waals surface area contributed by atoms with Crippen LogP contribution < -0.4 is 15.4 Å². The quantitative estimate of drug-likeness (QED) is 0.285. The van der Waals surface area contributed by atoms with Crippen LogP contribution in [0.3, 0.4) is 0 Å². The number of guanidine groups is 1. The summed E-state index contributed by atoms with van der Waals surface area (Å²) in [5.74, 6) is 0.481. The fourth-order valence-electron chi connectivity index (χ4n) is 2.59. The van der Waals surface area contributed by atoms with Crippen LogP contribution in [0.5, 0.6) is 5.75 Å². The number of halogens is 2. The van der Waals surface area contributed by atoms with Crippen LogP contribution in [0.25, 0.3) is 0 Å². The van der Waals surface area contributed by atoms with E-state index in [1.54, 1.807) is 30.3 Å².